The Bertz CT molecular complexity index is 277. The second-order valence-corrected chi connectivity index (χ2v) is 2.44. The number of H-pyrrole nitrogens is 1. The molecule has 0 atom stereocenters. The minimum absolute atomic E-state index is 0.0208. The number of aliphatic carboxylic acids is 1. The normalized spacial score (nSPS) is 11.5. The lowest BCUT2D eigenvalue weighted by Gasteiger charge is -1.89. The van der Waals surface area contributed by atoms with Crippen molar-refractivity contribution in [2.24, 2.45) is 0 Å². The molecule has 0 bridgehead atoms. The summed E-state index contributed by atoms with van der Waals surface area (Å²) in [5, 5.41) is 8.42. The van der Waals surface area contributed by atoms with Crippen LogP contribution in [0.1, 0.15) is 5.69 Å². The Morgan fingerprint density at radius 3 is 2.91 bits per heavy atom. The fraction of sp³-hybridized carbons (Fsp3) is 0. The lowest BCUT2D eigenvalue weighted by Crippen LogP contribution is -1.92. The minimum atomic E-state index is -1.03. The minimum Gasteiger partial charge on any atom is -0.477 e. The summed E-state index contributed by atoms with van der Waals surface area (Å²) >= 11 is 3.75. The molecule has 3 nitrogen and oxygen atoms in total. The van der Waals surface area contributed by atoms with Crippen molar-refractivity contribution in [2.75, 3.05) is 0 Å². The van der Waals surface area contributed by atoms with Crippen molar-refractivity contribution in [1.82, 2.24) is 4.98 Å². The van der Waals surface area contributed by atoms with Crippen molar-refractivity contribution >= 4 is 24.7 Å². The number of thiol groups is 1. The van der Waals surface area contributed by atoms with Gasteiger partial charge in [-0.05, 0) is 18.2 Å². The lowest BCUT2D eigenvalue weighted by molar-refractivity contribution is -0.131. The van der Waals surface area contributed by atoms with Crippen LogP contribution in [-0.4, -0.2) is 16.1 Å². The lowest BCUT2D eigenvalue weighted by atomic mass is 10.4. The number of carbonyl (C=O) groups is 1. The smallest absolute Gasteiger partial charge is 0.341 e. The molecular formula is C7H7NO2S. The van der Waals surface area contributed by atoms with Crippen LogP contribution < -0.4 is 0 Å². The molecule has 0 aliphatic rings. The largest absolute Gasteiger partial charge is 0.477 e. The van der Waals surface area contributed by atoms with Gasteiger partial charge in [0.25, 0.3) is 0 Å². The van der Waals surface area contributed by atoms with Crippen LogP contribution in [0.5, 0.6) is 0 Å². The molecule has 0 aliphatic heterocycles. The molecule has 0 fully saturated rings. The molecule has 0 aliphatic carbocycles. The molecule has 4 heteroatoms. The van der Waals surface area contributed by atoms with Crippen LogP contribution >= 0.6 is 12.6 Å². The first-order valence-electron chi connectivity index (χ1n) is 2.97. The zero-order chi connectivity index (χ0) is 8.27. The SMILES string of the molecule is O=C(O)C(S)=Cc1ccc[nH]1. The van der Waals surface area contributed by atoms with Crippen molar-refractivity contribution in [1.29, 1.82) is 0 Å². The predicted molar refractivity (Wildman–Crippen MR) is 45.4 cm³/mol. The van der Waals surface area contributed by atoms with Gasteiger partial charge in [-0.3, -0.25) is 0 Å². The fourth-order valence-electron chi connectivity index (χ4n) is 0.643. The first kappa shape index (κ1) is 7.94. The quantitative estimate of drug-likeness (QED) is 0.462. The molecule has 0 aromatic carbocycles. The van der Waals surface area contributed by atoms with E-state index in [1.807, 2.05) is 0 Å². The van der Waals surface area contributed by atoms with Crippen molar-refractivity contribution in [3.05, 3.63) is 28.9 Å². The Morgan fingerprint density at radius 1 is 1.73 bits per heavy atom. The van der Waals surface area contributed by atoms with Gasteiger partial charge in [-0.2, -0.15) is 0 Å². The van der Waals surface area contributed by atoms with E-state index < -0.39 is 5.97 Å². The number of hydrogen-bond acceptors (Lipinski definition) is 2. The van der Waals surface area contributed by atoms with Crippen LogP contribution in [0.3, 0.4) is 0 Å². The first-order chi connectivity index (χ1) is 5.20. The third kappa shape index (κ3) is 2.16. The summed E-state index contributed by atoms with van der Waals surface area (Å²) in [4.78, 5) is 13.1. The standard InChI is InChI=1S/C7H7NO2S/c9-7(10)6(11)4-5-2-1-3-8-5/h1-4,8,11H,(H,9,10). The van der Waals surface area contributed by atoms with Crippen molar-refractivity contribution in [2.45, 2.75) is 0 Å². The van der Waals surface area contributed by atoms with Gasteiger partial charge in [-0.1, -0.05) is 0 Å². The molecule has 58 valence electrons. The highest BCUT2D eigenvalue weighted by atomic mass is 32.1. The van der Waals surface area contributed by atoms with Crippen molar-refractivity contribution in [3.63, 3.8) is 0 Å². The summed E-state index contributed by atoms with van der Waals surface area (Å²) in [6.07, 6.45) is 3.17. The third-order valence-electron chi connectivity index (χ3n) is 1.13. The van der Waals surface area contributed by atoms with Crippen LogP contribution in [-0.2, 0) is 4.79 Å². The molecule has 0 radical (unpaired) electrons. The molecule has 1 heterocycles. The Hall–Kier alpha value is -1.16. The van der Waals surface area contributed by atoms with Crippen LogP contribution in [0.4, 0.5) is 0 Å². The van der Waals surface area contributed by atoms with Gasteiger partial charge < -0.3 is 10.1 Å². The monoisotopic (exact) mass is 169 g/mol. The highest BCUT2D eigenvalue weighted by Gasteiger charge is 1.99. The molecule has 0 unspecified atom stereocenters. The number of nitrogens with one attached hydrogen (secondary N) is 1. The highest BCUT2D eigenvalue weighted by molar-refractivity contribution is 7.85. The zero-order valence-corrected chi connectivity index (χ0v) is 6.51. The fourth-order valence-corrected chi connectivity index (χ4v) is 0.782. The molecule has 0 spiro atoms. The van der Waals surface area contributed by atoms with E-state index in [1.165, 1.54) is 6.08 Å². The Kier molecular flexibility index (Phi) is 2.38. The average molecular weight is 169 g/mol. The molecule has 0 saturated carbocycles. The van der Waals surface area contributed by atoms with Crippen LogP contribution in [0.15, 0.2) is 23.2 Å². The van der Waals surface area contributed by atoms with Gasteiger partial charge in [0.1, 0.15) is 0 Å². The molecule has 1 aromatic rings. The van der Waals surface area contributed by atoms with Crippen LogP contribution in [0, 0.1) is 0 Å². The Morgan fingerprint density at radius 2 is 2.45 bits per heavy atom. The molecule has 1 aromatic heterocycles. The first-order valence-corrected chi connectivity index (χ1v) is 3.42. The summed E-state index contributed by atoms with van der Waals surface area (Å²) in [6, 6.07) is 3.55. The maximum absolute atomic E-state index is 10.3. The summed E-state index contributed by atoms with van der Waals surface area (Å²) in [7, 11) is 0. The zero-order valence-electron chi connectivity index (χ0n) is 5.61. The summed E-state index contributed by atoms with van der Waals surface area (Å²) in [5.41, 5.74) is 0.734. The van der Waals surface area contributed by atoms with Crippen LogP contribution in [0.25, 0.3) is 6.08 Å². The van der Waals surface area contributed by atoms with E-state index in [0.717, 1.165) is 5.69 Å². The summed E-state index contributed by atoms with van der Waals surface area (Å²) in [6.45, 7) is 0. The van der Waals surface area contributed by atoms with E-state index in [2.05, 4.69) is 17.6 Å². The highest BCUT2D eigenvalue weighted by Crippen LogP contribution is 2.07. The number of carboxylic acids is 1. The Labute approximate surface area is 69.2 Å². The summed E-state index contributed by atoms with van der Waals surface area (Å²) < 4.78 is 0. The second-order valence-electron chi connectivity index (χ2n) is 1.96. The van der Waals surface area contributed by atoms with E-state index in [4.69, 9.17) is 5.11 Å². The van der Waals surface area contributed by atoms with E-state index in [-0.39, 0.29) is 4.91 Å². The van der Waals surface area contributed by atoms with E-state index in [1.54, 1.807) is 18.3 Å². The summed E-state index contributed by atoms with van der Waals surface area (Å²) in [5.74, 6) is -1.03. The van der Waals surface area contributed by atoms with Gasteiger partial charge in [-0.25, -0.2) is 4.79 Å². The maximum atomic E-state index is 10.3. The van der Waals surface area contributed by atoms with E-state index in [9.17, 15) is 4.79 Å². The van der Waals surface area contributed by atoms with Crippen molar-refractivity contribution in [3.8, 4) is 0 Å². The predicted octanol–water partition coefficient (Wildman–Crippen LogP) is 1.37. The molecule has 2 N–H and O–H groups in total. The molecule has 0 saturated heterocycles. The van der Waals surface area contributed by atoms with Crippen molar-refractivity contribution < 1.29 is 9.90 Å². The topological polar surface area (TPSA) is 53.1 Å². The third-order valence-corrected chi connectivity index (χ3v) is 1.45. The van der Waals surface area contributed by atoms with Gasteiger partial charge in [0.15, 0.2) is 0 Å². The second kappa shape index (κ2) is 3.30. The number of rotatable bonds is 2. The molecule has 0 amide bonds. The van der Waals surface area contributed by atoms with Gasteiger partial charge in [0.05, 0.1) is 4.91 Å². The van der Waals surface area contributed by atoms with E-state index >= 15 is 0 Å². The number of hydrogen-bond donors (Lipinski definition) is 3. The number of carboxylic acid groups (broad SMARTS) is 1. The average Bonchev–Trinajstić information content (AvgIpc) is 2.39. The number of aromatic amines is 1. The molecular weight excluding hydrogens is 162 g/mol. The van der Waals surface area contributed by atoms with Gasteiger partial charge in [-0.15, -0.1) is 12.6 Å². The van der Waals surface area contributed by atoms with Gasteiger partial charge >= 0.3 is 5.97 Å². The van der Waals surface area contributed by atoms with Gasteiger partial charge in [0, 0.05) is 11.9 Å². The molecule has 1 rings (SSSR count). The number of aromatic nitrogens is 1. The maximum Gasteiger partial charge on any atom is 0.341 e. The van der Waals surface area contributed by atoms with E-state index in [0.29, 0.717) is 0 Å². The molecule has 11 heavy (non-hydrogen) atoms. The van der Waals surface area contributed by atoms with Gasteiger partial charge in [0.2, 0.25) is 0 Å². The Balaban J connectivity index is 2.82. The van der Waals surface area contributed by atoms with Crippen LogP contribution in [0.2, 0.25) is 0 Å².